The summed E-state index contributed by atoms with van der Waals surface area (Å²) in [4.78, 5) is 50.7. The number of carbonyl (C=O) groups is 3. The predicted molar refractivity (Wildman–Crippen MR) is 308 cm³/mol. The minimum Gasteiger partial charge on any atom is -0.484 e. The van der Waals surface area contributed by atoms with Gasteiger partial charge in [0.25, 0.3) is 5.56 Å². The van der Waals surface area contributed by atoms with Gasteiger partial charge in [0.15, 0.2) is 24.0 Å². The molecule has 2 N–H and O–H groups in total. The summed E-state index contributed by atoms with van der Waals surface area (Å²) in [5, 5.41) is 0. The van der Waals surface area contributed by atoms with E-state index in [4.69, 9.17) is 5.73 Å². The maximum Gasteiger partial charge on any atom is 0.422 e. The zero-order valence-electron chi connectivity index (χ0n) is 43.0. The molecule has 0 aliphatic heterocycles. The summed E-state index contributed by atoms with van der Waals surface area (Å²) in [6.45, 7) is -1.49. The van der Waals surface area contributed by atoms with Gasteiger partial charge in [0.05, 0.1) is 12.1 Å². The monoisotopic (exact) mass is 1080 g/mol. The van der Waals surface area contributed by atoms with Crippen molar-refractivity contribution in [1.82, 2.24) is 9.55 Å². The molecule has 0 atom stereocenters. The van der Waals surface area contributed by atoms with Crippen molar-refractivity contribution >= 4 is 59.6 Å². The number of halogens is 6. The largest absolute Gasteiger partial charge is 0.484 e. The summed E-state index contributed by atoms with van der Waals surface area (Å²) in [7, 11) is 0. The molecule has 0 saturated carbocycles. The van der Waals surface area contributed by atoms with Gasteiger partial charge in [0.1, 0.15) is 17.4 Å². The van der Waals surface area contributed by atoms with Gasteiger partial charge in [-0.3, -0.25) is 23.7 Å². The molecule has 0 bridgehead atoms. The fraction of sp³-hybridized carbons (Fsp3) is 0.0758. The second-order valence-electron chi connectivity index (χ2n) is 17.0. The Bertz CT molecular complexity index is 2990. The molecular weight excluding hydrogens is 1030 g/mol. The molecule has 7 aromatic carbocycles. The van der Waals surface area contributed by atoms with E-state index in [1.54, 1.807) is 36.5 Å². The van der Waals surface area contributed by atoms with Crippen LogP contribution in [-0.4, -0.2) is 45.9 Å². The topological polar surface area (TPSA) is 121 Å². The van der Waals surface area contributed by atoms with Crippen molar-refractivity contribution < 1.29 is 45.5 Å². The van der Waals surface area contributed by atoms with Gasteiger partial charge in [-0.1, -0.05) is 218 Å². The lowest BCUT2D eigenvalue weighted by atomic mass is 10.1. The first-order valence-electron chi connectivity index (χ1n) is 24.7. The van der Waals surface area contributed by atoms with Crippen LogP contribution < -0.4 is 16.0 Å². The van der Waals surface area contributed by atoms with Crippen molar-refractivity contribution in [3.8, 4) is 11.4 Å². The summed E-state index contributed by atoms with van der Waals surface area (Å²) in [5.41, 5.74) is 11.0. The second kappa shape index (κ2) is 32.6. The first-order valence-corrected chi connectivity index (χ1v) is 24.7. The smallest absolute Gasteiger partial charge is 0.422 e. The predicted octanol–water partition coefficient (Wildman–Crippen LogP) is 15.2. The number of anilines is 1. The highest BCUT2D eigenvalue weighted by atomic mass is 19.4. The van der Waals surface area contributed by atoms with Crippen LogP contribution in [0.15, 0.2) is 254 Å². The SMILES string of the molecule is Nc1cc(=O)n(-c2ccc(OCC(F)(F)F)cc2)c(CCC(F)(F)F)n1.O=C(C=Cc1ccccc1)C=Cc1ccccc1.O=C(C=Cc1ccccc1)C=Cc1ccccc1.O=C(C=Cc1ccccc1)C=Cc1ccccc1. The molecule has 8 rings (SSSR count). The molecule has 406 valence electrons. The van der Waals surface area contributed by atoms with E-state index in [0.29, 0.717) is 0 Å². The lowest BCUT2D eigenvalue weighted by Gasteiger charge is -2.14. The summed E-state index contributed by atoms with van der Waals surface area (Å²) in [6.07, 6.45) is 9.60. The van der Waals surface area contributed by atoms with Crippen LogP contribution in [0.3, 0.4) is 0 Å². The highest BCUT2D eigenvalue weighted by Gasteiger charge is 2.29. The number of nitrogens with zero attached hydrogens (tertiary/aromatic N) is 2. The highest BCUT2D eigenvalue weighted by Crippen LogP contribution is 2.24. The summed E-state index contributed by atoms with van der Waals surface area (Å²) >= 11 is 0. The van der Waals surface area contributed by atoms with Crippen LogP contribution in [0.2, 0.25) is 0 Å². The van der Waals surface area contributed by atoms with Gasteiger partial charge in [0.2, 0.25) is 0 Å². The minimum absolute atomic E-state index is 0.0114. The molecule has 8 nitrogen and oxygen atoms in total. The maximum atomic E-state index is 12.5. The molecule has 14 heteroatoms. The summed E-state index contributed by atoms with van der Waals surface area (Å²) < 4.78 is 79.2. The average Bonchev–Trinajstić information content (AvgIpc) is 3.51. The van der Waals surface area contributed by atoms with E-state index in [9.17, 15) is 45.5 Å². The molecule has 1 aromatic heterocycles. The standard InChI is InChI=1S/3C17H14O.C15H13F6N3O2/c3*18-17(13-11-15-7-3-1-4-8-15)14-12-16-9-5-2-6-10-16;16-14(17,18)6-5-12-23-11(22)7-13(25)24(12)9-1-3-10(4-2-9)26-8-15(19,20)21/h3*1-14H;1-4,7H,5-6,8,22H2. The van der Waals surface area contributed by atoms with Crippen molar-refractivity contribution in [1.29, 1.82) is 0 Å². The molecule has 0 saturated heterocycles. The van der Waals surface area contributed by atoms with Crippen LogP contribution in [0.5, 0.6) is 5.75 Å². The Balaban J connectivity index is 0.000000199. The van der Waals surface area contributed by atoms with E-state index in [1.165, 1.54) is 12.1 Å². The van der Waals surface area contributed by atoms with E-state index in [0.717, 1.165) is 56.1 Å². The third-order valence-electron chi connectivity index (χ3n) is 10.6. The van der Waals surface area contributed by atoms with Gasteiger partial charge >= 0.3 is 12.4 Å². The zero-order chi connectivity index (χ0) is 57.4. The Kier molecular flexibility index (Phi) is 24.8. The van der Waals surface area contributed by atoms with Crippen molar-refractivity contribution in [2.45, 2.75) is 25.2 Å². The normalized spacial score (nSPS) is 11.5. The Morgan fingerprint density at radius 2 is 0.725 bits per heavy atom. The molecule has 0 aliphatic carbocycles. The van der Waals surface area contributed by atoms with E-state index >= 15 is 0 Å². The first-order chi connectivity index (χ1) is 38.5. The minimum atomic E-state index is -4.51. The number of hydrogen-bond donors (Lipinski definition) is 1. The van der Waals surface area contributed by atoms with Crippen LogP contribution in [0, 0.1) is 0 Å². The quantitative estimate of drug-likeness (QED) is 0.0712. The number of ether oxygens (including phenoxy) is 1. The van der Waals surface area contributed by atoms with E-state index in [-0.39, 0.29) is 40.4 Å². The number of ketones is 3. The molecular formula is C66H55F6N3O5. The molecule has 0 unspecified atom stereocenters. The average molecular weight is 1080 g/mol. The fourth-order valence-corrected chi connectivity index (χ4v) is 6.73. The number of aromatic nitrogens is 2. The third-order valence-corrected chi connectivity index (χ3v) is 10.6. The first kappa shape index (κ1) is 60.9. The number of nitrogens with two attached hydrogens (primary N) is 1. The van der Waals surface area contributed by atoms with Crippen LogP contribution in [0.25, 0.3) is 42.1 Å². The number of aryl methyl sites for hydroxylation is 1. The Hall–Kier alpha value is -9.95. The Morgan fingerprint density at radius 3 is 0.988 bits per heavy atom. The molecule has 0 radical (unpaired) electrons. The number of allylic oxidation sites excluding steroid dienone is 6. The van der Waals surface area contributed by atoms with Crippen LogP contribution >= 0.6 is 0 Å². The molecule has 0 aliphatic rings. The lowest BCUT2D eigenvalue weighted by Crippen LogP contribution is -2.25. The van der Waals surface area contributed by atoms with Gasteiger partial charge < -0.3 is 10.5 Å². The number of nitrogen functional groups attached to an aromatic ring is 1. The van der Waals surface area contributed by atoms with Crippen molar-refractivity contribution in [2.24, 2.45) is 0 Å². The molecule has 0 fully saturated rings. The zero-order valence-corrected chi connectivity index (χ0v) is 43.0. The molecule has 80 heavy (non-hydrogen) atoms. The molecule has 0 spiro atoms. The maximum absolute atomic E-state index is 12.5. The van der Waals surface area contributed by atoms with Crippen LogP contribution in [0.1, 0.15) is 45.6 Å². The Labute approximate surface area is 460 Å². The van der Waals surface area contributed by atoms with Crippen LogP contribution in [0.4, 0.5) is 32.2 Å². The molecule has 1 heterocycles. The van der Waals surface area contributed by atoms with E-state index < -0.39 is 37.4 Å². The second-order valence-corrected chi connectivity index (χ2v) is 17.0. The fourth-order valence-electron chi connectivity index (χ4n) is 6.73. The van der Waals surface area contributed by atoms with E-state index in [2.05, 4.69) is 9.72 Å². The number of hydrogen-bond acceptors (Lipinski definition) is 7. The number of alkyl halides is 6. The summed E-state index contributed by atoms with van der Waals surface area (Å²) in [6, 6.07) is 64.4. The molecule has 8 aromatic rings. The van der Waals surface area contributed by atoms with Crippen molar-refractivity contribution in [3.63, 3.8) is 0 Å². The van der Waals surface area contributed by atoms with Crippen molar-refractivity contribution in [3.05, 3.63) is 298 Å². The van der Waals surface area contributed by atoms with Gasteiger partial charge in [-0.2, -0.15) is 26.3 Å². The third kappa shape index (κ3) is 25.3. The number of carbonyl (C=O) groups excluding carboxylic acids is 3. The van der Waals surface area contributed by atoms with Gasteiger partial charge in [0, 0.05) is 12.5 Å². The number of rotatable bonds is 17. The number of benzene rings is 7. The highest BCUT2D eigenvalue weighted by molar-refractivity contribution is 6.05. The summed E-state index contributed by atoms with van der Waals surface area (Å²) in [5.74, 6) is -0.586. The van der Waals surface area contributed by atoms with Crippen LogP contribution in [-0.2, 0) is 20.8 Å². The van der Waals surface area contributed by atoms with E-state index in [1.807, 2.05) is 218 Å². The van der Waals surface area contributed by atoms with Crippen molar-refractivity contribution in [2.75, 3.05) is 12.3 Å². The molecule has 0 amide bonds. The lowest BCUT2D eigenvalue weighted by molar-refractivity contribution is -0.153. The van der Waals surface area contributed by atoms with Gasteiger partial charge in [-0.05, 0) is 94.1 Å². The Morgan fingerprint density at radius 1 is 0.438 bits per heavy atom. The van der Waals surface area contributed by atoms with Gasteiger partial charge in [-0.15, -0.1) is 0 Å². The van der Waals surface area contributed by atoms with Gasteiger partial charge in [-0.25, -0.2) is 4.98 Å².